The molecule has 1 aliphatic heterocycles. The van der Waals surface area contributed by atoms with Crippen LogP contribution in [0.25, 0.3) is 5.69 Å². The lowest BCUT2D eigenvalue weighted by Crippen LogP contribution is -2.35. The molecule has 3 aromatic rings. The number of aromatic nitrogens is 1. The molecule has 1 aromatic heterocycles. The van der Waals surface area contributed by atoms with Crippen LogP contribution < -0.4 is 5.32 Å². The van der Waals surface area contributed by atoms with Gasteiger partial charge in [-0.25, -0.2) is 0 Å². The molecule has 0 bridgehead atoms. The molecule has 4 rings (SSSR count). The number of aliphatic imine (C=N–C) groups is 1. The van der Waals surface area contributed by atoms with Gasteiger partial charge < -0.3 is 9.88 Å². The van der Waals surface area contributed by atoms with E-state index in [0.717, 1.165) is 41.6 Å². The Kier molecular flexibility index (Phi) is 7.92. The predicted molar refractivity (Wildman–Crippen MR) is 140 cm³/mol. The van der Waals surface area contributed by atoms with Crippen molar-refractivity contribution in [1.29, 1.82) is 0 Å². The Morgan fingerprint density at radius 2 is 1.76 bits per heavy atom. The first-order chi connectivity index (χ1) is 16.6. The fraction of sp³-hybridized carbons (Fsp3) is 0.267. The van der Waals surface area contributed by atoms with Gasteiger partial charge in [0.05, 0.1) is 12.0 Å². The molecular formula is C30H33N3O. The molecule has 1 N–H and O–H groups in total. The molecule has 4 heteroatoms. The number of carbonyl (C=O) groups is 1. The number of hydrogen-bond donors (Lipinski definition) is 1. The second kappa shape index (κ2) is 11.5. The molecule has 0 saturated heterocycles. The van der Waals surface area contributed by atoms with Gasteiger partial charge in [0.25, 0.3) is 0 Å². The van der Waals surface area contributed by atoms with Gasteiger partial charge in [0, 0.05) is 36.9 Å². The summed E-state index contributed by atoms with van der Waals surface area (Å²) in [6, 6.07) is 22.6. The molecule has 174 valence electrons. The molecule has 0 spiro atoms. The molecule has 2 aromatic carbocycles. The predicted octanol–water partition coefficient (Wildman–Crippen LogP) is 6.60. The van der Waals surface area contributed by atoms with E-state index in [1.807, 2.05) is 62.1 Å². The van der Waals surface area contributed by atoms with E-state index in [4.69, 9.17) is 0 Å². The highest BCUT2D eigenvalue weighted by atomic mass is 16.1. The summed E-state index contributed by atoms with van der Waals surface area (Å²) in [5.74, 6) is -0.239. The summed E-state index contributed by atoms with van der Waals surface area (Å²) in [4.78, 5) is 18.1. The number of carbonyl (C=O) groups excluding carboxylic acids is 1. The van der Waals surface area contributed by atoms with Crippen LogP contribution in [0.5, 0.6) is 0 Å². The first-order valence-corrected chi connectivity index (χ1v) is 12.1. The maximum atomic E-state index is 13.7. The average molecular weight is 452 g/mol. The summed E-state index contributed by atoms with van der Waals surface area (Å²) in [6.45, 7) is 4.22. The van der Waals surface area contributed by atoms with Crippen LogP contribution in [0, 0.1) is 5.92 Å². The zero-order valence-corrected chi connectivity index (χ0v) is 20.0. The summed E-state index contributed by atoms with van der Waals surface area (Å²) in [7, 11) is 0. The van der Waals surface area contributed by atoms with Crippen LogP contribution in [0.3, 0.4) is 0 Å². The molecule has 0 saturated carbocycles. The molecule has 0 aliphatic carbocycles. The average Bonchev–Trinajstić information content (AvgIpc) is 3.39. The van der Waals surface area contributed by atoms with Gasteiger partial charge >= 0.3 is 0 Å². The first kappa shape index (κ1) is 23.5. The molecule has 1 amide bonds. The Morgan fingerprint density at radius 3 is 2.47 bits per heavy atom. The topological polar surface area (TPSA) is 46.4 Å². The van der Waals surface area contributed by atoms with Crippen molar-refractivity contribution in [3.8, 4) is 5.69 Å². The highest BCUT2D eigenvalue weighted by molar-refractivity contribution is 5.82. The Bertz CT molecular complexity index is 1160. The summed E-state index contributed by atoms with van der Waals surface area (Å²) >= 11 is 0. The van der Waals surface area contributed by atoms with E-state index in [2.05, 4.69) is 64.3 Å². The maximum Gasteiger partial charge on any atom is 0.228 e. The Balaban J connectivity index is 1.59. The second-order valence-corrected chi connectivity index (χ2v) is 8.82. The minimum Gasteiger partial charge on any atom is -0.349 e. The number of rotatable bonds is 8. The van der Waals surface area contributed by atoms with Gasteiger partial charge in [-0.15, -0.1) is 0 Å². The lowest BCUT2D eigenvalue weighted by atomic mass is 9.86. The summed E-state index contributed by atoms with van der Waals surface area (Å²) < 4.78 is 2.08. The van der Waals surface area contributed by atoms with E-state index in [0.29, 0.717) is 6.42 Å². The summed E-state index contributed by atoms with van der Waals surface area (Å²) in [5, 5.41) is 3.26. The van der Waals surface area contributed by atoms with Crippen molar-refractivity contribution in [2.24, 2.45) is 10.9 Å². The van der Waals surface area contributed by atoms with Crippen molar-refractivity contribution in [1.82, 2.24) is 9.88 Å². The Hall–Kier alpha value is -3.66. The number of benzene rings is 2. The number of amides is 1. The largest absolute Gasteiger partial charge is 0.349 e. The maximum absolute atomic E-state index is 13.7. The normalized spacial score (nSPS) is 18.5. The zero-order valence-electron chi connectivity index (χ0n) is 20.0. The van der Waals surface area contributed by atoms with Crippen molar-refractivity contribution in [3.05, 3.63) is 114 Å². The fourth-order valence-electron chi connectivity index (χ4n) is 4.37. The molecule has 2 atom stereocenters. The number of hydrogen-bond acceptors (Lipinski definition) is 2. The third kappa shape index (κ3) is 6.02. The molecule has 2 heterocycles. The van der Waals surface area contributed by atoms with Crippen LogP contribution >= 0.6 is 0 Å². The third-order valence-corrected chi connectivity index (χ3v) is 6.44. The quantitative estimate of drug-likeness (QED) is 0.385. The van der Waals surface area contributed by atoms with Gasteiger partial charge in [-0.05, 0) is 67.2 Å². The Labute approximate surface area is 202 Å². The highest BCUT2D eigenvalue weighted by Crippen LogP contribution is 2.28. The van der Waals surface area contributed by atoms with Crippen LogP contribution in [0.2, 0.25) is 0 Å². The van der Waals surface area contributed by atoms with Crippen LogP contribution in [0.4, 0.5) is 0 Å². The van der Waals surface area contributed by atoms with Crippen LogP contribution in [-0.2, 0) is 11.2 Å². The molecular weight excluding hydrogens is 418 g/mol. The van der Waals surface area contributed by atoms with E-state index in [-0.39, 0.29) is 17.9 Å². The van der Waals surface area contributed by atoms with Gasteiger partial charge in [0.2, 0.25) is 5.91 Å². The van der Waals surface area contributed by atoms with Crippen molar-refractivity contribution in [2.45, 2.75) is 45.6 Å². The molecule has 0 unspecified atom stereocenters. The van der Waals surface area contributed by atoms with Gasteiger partial charge in [-0.2, -0.15) is 0 Å². The molecule has 34 heavy (non-hydrogen) atoms. The van der Waals surface area contributed by atoms with Gasteiger partial charge in [0.15, 0.2) is 0 Å². The zero-order chi connectivity index (χ0) is 23.8. The van der Waals surface area contributed by atoms with Gasteiger partial charge in [-0.1, -0.05) is 61.0 Å². The van der Waals surface area contributed by atoms with E-state index < -0.39 is 0 Å². The smallest absolute Gasteiger partial charge is 0.228 e. The number of nitrogens with one attached hydrogen (secondary N) is 1. The van der Waals surface area contributed by atoms with E-state index in [1.165, 1.54) is 5.57 Å². The SMILES string of the molecule is CC/C1=C/CC=N/C=C(/[C@@H](Cc2ccc(-n3cccc3)cc2)C(=O)N[C@@H](C)c2ccccc2)C1. The van der Waals surface area contributed by atoms with Crippen LogP contribution in [0.15, 0.2) is 108 Å². The minimum atomic E-state index is -0.284. The fourth-order valence-corrected chi connectivity index (χ4v) is 4.37. The minimum absolute atomic E-state index is 0.0447. The van der Waals surface area contributed by atoms with Crippen LogP contribution in [0.1, 0.15) is 50.3 Å². The van der Waals surface area contributed by atoms with Crippen molar-refractivity contribution >= 4 is 12.1 Å². The Morgan fingerprint density at radius 1 is 1.03 bits per heavy atom. The van der Waals surface area contributed by atoms with Gasteiger partial charge in [0.1, 0.15) is 0 Å². The van der Waals surface area contributed by atoms with E-state index >= 15 is 0 Å². The van der Waals surface area contributed by atoms with Crippen molar-refractivity contribution < 1.29 is 4.79 Å². The lowest BCUT2D eigenvalue weighted by Gasteiger charge is -2.24. The number of nitrogens with zero attached hydrogens (tertiary/aromatic N) is 2. The van der Waals surface area contributed by atoms with E-state index in [9.17, 15) is 4.79 Å². The molecule has 0 radical (unpaired) electrons. The van der Waals surface area contributed by atoms with E-state index in [1.54, 1.807) is 0 Å². The number of allylic oxidation sites excluding steroid dienone is 2. The summed E-state index contributed by atoms with van der Waals surface area (Å²) in [6.07, 6.45) is 13.4. The standard InChI is InChI=1S/C30H33N3O/c1-3-24-10-9-17-31-22-27(20-24)29(30(34)32-23(2)26-11-5-4-6-12-26)21-25-13-15-28(16-14-25)33-18-7-8-19-33/h4-8,10-19,22-23,29H,3,9,20-21H2,1-2H3,(H,32,34)/b24-10-,27-22+,31-17?/t23-,29+/m0/s1. The first-order valence-electron chi connectivity index (χ1n) is 12.1. The summed E-state index contributed by atoms with van der Waals surface area (Å²) in [5.41, 5.74) is 5.77. The van der Waals surface area contributed by atoms with Gasteiger partial charge in [-0.3, -0.25) is 9.79 Å². The monoisotopic (exact) mass is 451 g/mol. The van der Waals surface area contributed by atoms with Crippen molar-refractivity contribution in [3.63, 3.8) is 0 Å². The molecule has 1 aliphatic rings. The van der Waals surface area contributed by atoms with Crippen molar-refractivity contribution in [2.75, 3.05) is 0 Å². The van der Waals surface area contributed by atoms with Crippen LogP contribution in [-0.4, -0.2) is 16.7 Å². The molecule has 0 fully saturated rings. The highest BCUT2D eigenvalue weighted by Gasteiger charge is 2.26. The third-order valence-electron chi connectivity index (χ3n) is 6.44. The molecule has 4 nitrogen and oxygen atoms in total. The second-order valence-electron chi connectivity index (χ2n) is 8.82. The lowest BCUT2D eigenvalue weighted by molar-refractivity contribution is -0.124.